The maximum atomic E-state index is 6.17. The van der Waals surface area contributed by atoms with Gasteiger partial charge in [-0.05, 0) is 43.7 Å². The first-order chi connectivity index (χ1) is 9.84. The Morgan fingerprint density at radius 1 is 1.14 bits per heavy atom. The predicted molar refractivity (Wildman–Crippen MR) is 88.4 cm³/mol. The molecule has 0 saturated carbocycles. The summed E-state index contributed by atoms with van der Waals surface area (Å²) in [6, 6.07) is 8.51. The molecule has 0 spiro atoms. The number of ether oxygens (including phenoxy) is 2. The average Bonchev–Trinajstić information content (AvgIpc) is 2.43. The van der Waals surface area contributed by atoms with Crippen LogP contribution >= 0.6 is 0 Å². The van der Waals surface area contributed by atoms with E-state index in [1.807, 2.05) is 0 Å². The molecule has 1 atom stereocenters. The highest BCUT2D eigenvalue weighted by atomic mass is 16.5. The molecule has 0 bridgehead atoms. The van der Waals surface area contributed by atoms with Gasteiger partial charge < -0.3 is 15.2 Å². The fourth-order valence-corrected chi connectivity index (χ4v) is 2.10. The zero-order valence-corrected chi connectivity index (χ0v) is 14.2. The Labute approximate surface area is 129 Å². The summed E-state index contributed by atoms with van der Waals surface area (Å²) in [5.41, 5.74) is 8.53. The summed E-state index contributed by atoms with van der Waals surface area (Å²) in [5.74, 6) is 0.678. The molecule has 0 amide bonds. The second-order valence-electron chi connectivity index (χ2n) is 6.73. The van der Waals surface area contributed by atoms with Crippen LogP contribution in [-0.2, 0) is 15.9 Å². The summed E-state index contributed by atoms with van der Waals surface area (Å²) >= 11 is 0. The standard InChI is InChI=1S/C18H31NO2/c1-14(2)12-15-6-8-16(9-7-15)17(19)13-21-11-10-18(3,4)20-5/h6-9,14,17H,10-13,19H2,1-5H3. The van der Waals surface area contributed by atoms with E-state index in [0.29, 0.717) is 19.1 Å². The quantitative estimate of drug-likeness (QED) is 0.706. The lowest BCUT2D eigenvalue weighted by atomic mass is 10.00. The van der Waals surface area contributed by atoms with Crippen molar-refractivity contribution in [2.45, 2.75) is 52.2 Å². The largest absolute Gasteiger partial charge is 0.379 e. The van der Waals surface area contributed by atoms with Gasteiger partial charge in [0.2, 0.25) is 0 Å². The molecular weight excluding hydrogens is 262 g/mol. The van der Waals surface area contributed by atoms with Crippen molar-refractivity contribution < 1.29 is 9.47 Å². The van der Waals surface area contributed by atoms with Gasteiger partial charge in [-0.25, -0.2) is 0 Å². The summed E-state index contributed by atoms with van der Waals surface area (Å²) in [7, 11) is 1.73. The Morgan fingerprint density at radius 2 is 1.76 bits per heavy atom. The van der Waals surface area contributed by atoms with E-state index in [9.17, 15) is 0 Å². The highest BCUT2D eigenvalue weighted by Crippen LogP contribution is 2.16. The van der Waals surface area contributed by atoms with Gasteiger partial charge in [0.25, 0.3) is 0 Å². The van der Waals surface area contributed by atoms with Gasteiger partial charge in [-0.1, -0.05) is 38.1 Å². The van der Waals surface area contributed by atoms with E-state index in [0.717, 1.165) is 18.4 Å². The van der Waals surface area contributed by atoms with Crippen LogP contribution in [0.25, 0.3) is 0 Å². The van der Waals surface area contributed by atoms with Crippen LogP contribution in [0.1, 0.15) is 51.3 Å². The van der Waals surface area contributed by atoms with E-state index in [-0.39, 0.29) is 11.6 Å². The van der Waals surface area contributed by atoms with Gasteiger partial charge in [0.05, 0.1) is 18.2 Å². The number of methoxy groups -OCH3 is 1. The van der Waals surface area contributed by atoms with Gasteiger partial charge in [-0.2, -0.15) is 0 Å². The molecule has 0 aliphatic rings. The zero-order chi connectivity index (χ0) is 15.9. The highest BCUT2D eigenvalue weighted by molar-refractivity contribution is 5.25. The van der Waals surface area contributed by atoms with Gasteiger partial charge in [-0.3, -0.25) is 0 Å². The SMILES string of the molecule is COC(C)(C)CCOCC(N)c1ccc(CC(C)C)cc1. The number of hydrogen-bond acceptors (Lipinski definition) is 3. The number of rotatable bonds is 9. The topological polar surface area (TPSA) is 44.5 Å². The monoisotopic (exact) mass is 293 g/mol. The van der Waals surface area contributed by atoms with E-state index in [2.05, 4.69) is 52.0 Å². The molecule has 21 heavy (non-hydrogen) atoms. The number of benzene rings is 1. The Morgan fingerprint density at radius 3 is 2.29 bits per heavy atom. The van der Waals surface area contributed by atoms with Crippen molar-refractivity contribution in [3.05, 3.63) is 35.4 Å². The molecule has 0 radical (unpaired) electrons. The first kappa shape index (κ1) is 18.1. The van der Waals surface area contributed by atoms with Crippen LogP contribution in [0.5, 0.6) is 0 Å². The third-order valence-corrected chi connectivity index (χ3v) is 3.75. The minimum absolute atomic E-state index is 0.0660. The van der Waals surface area contributed by atoms with Crippen molar-refractivity contribution in [1.29, 1.82) is 0 Å². The summed E-state index contributed by atoms with van der Waals surface area (Å²) < 4.78 is 11.0. The predicted octanol–water partition coefficient (Wildman–Crippen LogP) is 3.72. The normalized spacial score (nSPS) is 13.7. The van der Waals surface area contributed by atoms with Crippen molar-refractivity contribution in [3.8, 4) is 0 Å². The van der Waals surface area contributed by atoms with E-state index in [1.165, 1.54) is 5.56 Å². The van der Waals surface area contributed by atoms with Crippen molar-refractivity contribution in [2.24, 2.45) is 11.7 Å². The second kappa shape index (κ2) is 8.52. The molecule has 3 nitrogen and oxygen atoms in total. The lowest BCUT2D eigenvalue weighted by Gasteiger charge is -2.23. The summed E-state index contributed by atoms with van der Waals surface area (Å²) in [6.07, 6.45) is 1.97. The molecule has 1 aromatic rings. The van der Waals surface area contributed by atoms with Gasteiger partial charge in [0.1, 0.15) is 0 Å². The first-order valence-corrected chi connectivity index (χ1v) is 7.81. The van der Waals surface area contributed by atoms with Crippen LogP contribution in [0.2, 0.25) is 0 Å². The van der Waals surface area contributed by atoms with E-state index in [1.54, 1.807) is 7.11 Å². The molecule has 0 saturated heterocycles. The minimum Gasteiger partial charge on any atom is -0.379 e. The molecule has 0 aromatic heterocycles. The first-order valence-electron chi connectivity index (χ1n) is 7.81. The molecular formula is C18H31NO2. The molecule has 1 aromatic carbocycles. The van der Waals surface area contributed by atoms with Crippen LogP contribution in [0.3, 0.4) is 0 Å². The van der Waals surface area contributed by atoms with Crippen molar-refractivity contribution >= 4 is 0 Å². The lowest BCUT2D eigenvalue weighted by Crippen LogP contribution is -2.25. The molecule has 0 fully saturated rings. The average molecular weight is 293 g/mol. The van der Waals surface area contributed by atoms with E-state index in [4.69, 9.17) is 15.2 Å². The van der Waals surface area contributed by atoms with Crippen molar-refractivity contribution in [1.82, 2.24) is 0 Å². The Kier molecular flexibility index (Phi) is 7.36. The Hall–Kier alpha value is -0.900. The molecule has 120 valence electrons. The highest BCUT2D eigenvalue weighted by Gasteiger charge is 2.16. The smallest absolute Gasteiger partial charge is 0.0659 e. The fraction of sp³-hybridized carbons (Fsp3) is 0.667. The van der Waals surface area contributed by atoms with Gasteiger partial charge in [0, 0.05) is 13.7 Å². The fourth-order valence-electron chi connectivity index (χ4n) is 2.10. The van der Waals surface area contributed by atoms with Crippen LogP contribution in [0, 0.1) is 5.92 Å². The maximum absolute atomic E-state index is 6.17. The molecule has 0 heterocycles. The summed E-state index contributed by atoms with van der Waals surface area (Å²) in [5, 5.41) is 0. The van der Waals surface area contributed by atoms with E-state index >= 15 is 0 Å². The molecule has 1 rings (SSSR count). The van der Waals surface area contributed by atoms with Gasteiger partial charge in [0.15, 0.2) is 0 Å². The van der Waals surface area contributed by atoms with Crippen molar-refractivity contribution in [3.63, 3.8) is 0 Å². The molecule has 2 N–H and O–H groups in total. The molecule has 1 unspecified atom stereocenters. The molecule has 0 aliphatic carbocycles. The minimum atomic E-state index is -0.136. The number of hydrogen-bond donors (Lipinski definition) is 1. The lowest BCUT2D eigenvalue weighted by molar-refractivity contribution is -0.0113. The Bertz CT molecular complexity index is 398. The van der Waals surface area contributed by atoms with Gasteiger partial charge in [-0.15, -0.1) is 0 Å². The van der Waals surface area contributed by atoms with Crippen LogP contribution in [0.4, 0.5) is 0 Å². The van der Waals surface area contributed by atoms with Crippen molar-refractivity contribution in [2.75, 3.05) is 20.3 Å². The van der Waals surface area contributed by atoms with Crippen LogP contribution in [0.15, 0.2) is 24.3 Å². The second-order valence-corrected chi connectivity index (χ2v) is 6.73. The van der Waals surface area contributed by atoms with Crippen LogP contribution < -0.4 is 5.73 Å². The third-order valence-electron chi connectivity index (χ3n) is 3.75. The third kappa shape index (κ3) is 7.07. The Balaban J connectivity index is 2.36. The summed E-state index contributed by atoms with van der Waals surface area (Å²) in [4.78, 5) is 0. The van der Waals surface area contributed by atoms with E-state index < -0.39 is 0 Å². The zero-order valence-electron chi connectivity index (χ0n) is 14.2. The summed E-state index contributed by atoms with van der Waals surface area (Å²) in [6.45, 7) is 9.79. The number of nitrogens with two attached hydrogens (primary N) is 1. The molecule has 0 aliphatic heterocycles. The maximum Gasteiger partial charge on any atom is 0.0659 e. The van der Waals surface area contributed by atoms with Gasteiger partial charge >= 0.3 is 0 Å². The molecule has 3 heteroatoms. The van der Waals surface area contributed by atoms with Crippen LogP contribution in [-0.4, -0.2) is 25.9 Å².